The van der Waals surface area contributed by atoms with Crippen LogP contribution in [0.4, 0.5) is 13.2 Å². The van der Waals surface area contributed by atoms with Gasteiger partial charge < -0.3 is 0 Å². The number of fused-ring (bicyclic) bond motifs is 1. The maximum atomic E-state index is 14.8. The maximum Gasteiger partial charge on any atom is 0.169 e. The van der Waals surface area contributed by atoms with Crippen LogP contribution < -0.4 is 0 Å². The predicted octanol–water partition coefficient (Wildman–Crippen LogP) is 7.67. The van der Waals surface area contributed by atoms with Gasteiger partial charge in [-0.3, -0.25) is 0 Å². The quantitative estimate of drug-likeness (QED) is 0.506. The zero-order valence-corrected chi connectivity index (χ0v) is 16.3. The molecular formula is C24H29F3. The molecule has 0 atom stereocenters. The first-order valence-corrected chi connectivity index (χ1v) is 10.5. The molecule has 0 heterocycles. The Morgan fingerprint density at radius 3 is 1.96 bits per heavy atom. The molecule has 146 valence electrons. The van der Waals surface area contributed by atoms with E-state index >= 15 is 0 Å². The van der Waals surface area contributed by atoms with Crippen LogP contribution >= 0.6 is 0 Å². The lowest BCUT2D eigenvalue weighted by Crippen LogP contribution is -2.25. The molecular weight excluding hydrogens is 345 g/mol. The van der Waals surface area contributed by atoms with E-state index in [1.54, 1.807) is 25.1 Å². The number of hydrogen-bond acceptors (Lipinski definition) is 0. The van der Waals surface area contributed by atoms with E-state index in [0.717, 1.165) is 43.4 Å². The second kappa shape index (κ2) is 7.48. The molecule has 2 aliphatic carbocycles. The van der Waals surface area contributed by atoms with Crippen LogP contribution in [-0.2, 0) is 0 Å². The summed E-state index contributed by atoms with van der Waals surface area (Å²) in [7, 11) is 0. The molecule has 0 spiro atoms. The highest BCUT2D eigenvalue weighted by molar-refractivity contribution is 5.85. The van der Waals surface area contributed by atoms with E-state index in [0.29, 0.717) is 16.5 Å². The first-order valence-electron chi connectivity index (χ1n) is 10.5. The van der Waals surface area contributed by atoms with E-state index in [1.165, 1.54) is 25.7 Å². The summed E-state index contributed by atoms with van der Waals surface area (Å²) in [5.41, 5.74) is 0.787. The van der Waals surface area contributed by atoms with Gasteiger partial charge in [0, 0.05) is 0 Å². The van der Waals surface area contributed by atoms with Gasteiger partial charge in [0.1, 0.15) is 5.82 Å². The van der Waals surface area contributed by atoms with Crippen LogP contribution in [0.25, 0.3) is 10.8 Å². The Kier molecular flexibility index (Phi) is 5.22. The number of aryl methyl sites for hydroxylation is 1. The summed E-state index contributed by atoms with van der Waals surface area (Å²) in [5, 5.41) is 0.261. The molecule has 0 aromatic heterocycles. The minimum absolute atomic E-state index is 0.0482. The molecule has 0 unspecified atom stereocenters. The van der Waals surface area contributed by atoms with Gasteiger partial charge in [0.15, 0.2) is 11.6 Å². The van der Waals surface area contributed by atoms with Crippen molar-refractivity contribution in [2.24, 2.45) is 17.8 Å². The highest BCUT2D eigenvalue weighted by Gasteiger charge is 2.32. The van der Waals surface area contributed by atoms with Gasteiger partial charge in [-0.1, -0.05) is 31.9 Å². The SMILES string of the molecule is Cc1ccc2cc(C3CCC(C4CCC(C)CC4)CC3)c(F)c(F)c2c1F. The topological polar surface area (TPSA) is 0 Å². The Morgan fingerprint density at radius 2 is 1.33 bits per heavy atom. The predicted molar refractivity (Wildman–Crippen MR) is 104 cm³/mol. The molecule has 2 saturated carbocycles. The van der Waals surface area contributed by atoms with Crippen molar-refractivity contribution in [3.63, 3.8) is 0 Å². The summed E-state index contributed by atoms with van der Waals surface area (Å²) in [6.07, 6.45) is 9.35. The Hall–Kier alpha value is -1.51. The van der Waals surface area contributed by atoms with E-state index in [1.807, 2.05) is 0 Å². The lowest BCUT2D eigenvalue weighted by molar-refractivity contribution is 0.164. The van der Waals surface area contributed by atoms with E-state index in [2.05, 4.69) is 6.92 Å². The van der Waals surface area contributed by atoms with E-state index in [9.17, 15) is 13.2 Å². The Labute approximate surface area is 160 Å². The molecule has 2 fully saturated rings. The van der Waals surface area contributed by atoms with Crippen molar-refractivity contribution in [3.05, 3.63) is 46.8 Å². The summed E-state index contributed by atoms with van der Waals surface area (Å²) >= 11 is 0. The first-order chi connectivity index (χ1) is 13.0. The molecule has 2 aliphatic rings. The molecule has 0 saturated heterocycles. The number of hydrogen-bond donors (Lipinski definition) is 0. The fraction of sp³-hybridized carbons (Fsp3) is 0.583. The zero-order chi connectivity index (χ0) is 19.1. The normalized spacial score (nSPS) is 29.2. The highest BCUT2D eigenvalue weighted by Crippen LogP contribution is 2.45. The fourth-order valence-corrected chi connectivity index (χ4v) is 5.46. The third-order valence-corrected chi connectivity index (χ3v) is 7.28. The van der Waals surface area contributed by atoms with Crippen LogP contribution in [0, 0.1) is 42.1 Å². The van der Waals surface area contributed by atoms with Crippen molar-refractivity contribution in [3.8, 4) is 0 Å². The van der Waals surface area contributed by atoms with E-state index in [-0.39, 0.29) is 11.3 Å². The van der Waals surface area contributed by atoms with Crippen molar-refractivity contribution in [1.82, 2.24) is 0 Å². The van der Waals surface area contributed by atoms with Crippen LogP contribution in [-0.4, -0.2) is 0 Å². The summed E-state index contributed by atoms with van der Waals surface area (Å²) in [6.45, 7) is 3.92. The molecule has 0 radical (unpaired) electrons. The average molecular weight is 374 g/mol. The van der Waals surface area contributed by atoms with Gasteiger partial charge >= 0.3 is 0 Å². The first kappa shape index (κ1) is 18.8. The molecule has 0 nitrogen and oxygen atoms in total. The van der Waals surface area contributed by atoms with Gasteiger partial charge in [-0.2, -0.15) is 0 Å². The van der Waals surface area contributed by atoms with Crippen LogP contribution in [0.5, 0.6) is 0 Å². The molecule has 0 bridgehead atoms. The van der Waals surface area contributed by atoms with Crippen LogP contribution in [0.3, 0.4) is 0 Å². The Morgan fingerprint density at radius 1 is 0.741 bits per heavy atom. The summed E-state index contributed by atoms with van der Waals surface area (Å²) in [5.74, 6) is -0.0531. The molecule has 4 rings (SSSR count). The summed E-state index contributed by atoms with van der Waals surface area (Å²) in [6, 6.07) is 5.03. The van der Waals surface area contributed by atoms with Crippen LogP contribution in [0.15, 0.2) is 18.2 Å². The maximum absolute atomic E-state index is 14.8. The van der Waals surface area contributed by atoms with Crippen molar-refractivity contribution >= 4 is 10.8 Å². The lowest BCUT2D eigenvalue weighted by Gasteiger charge is -2.37. The zero-order valence-electron chi connectivity index (χ0n) is 16.3. The highest BCUT2D eigenvalue weighted by atomic mass is 19.2. The lowest BCUT2D eigenvalue weighted by atomic mass is 9.68. The van der Waals surface area contributed by atoms with Gasteiger partial charge in [0.25, 0.3) is 0 Å². The van der Waals surface area contributed by atoms with Gasteiger partial charge in [-0.05, 0) is 91.7 Å². The average Bonchev–Trinajstić information content (AvgIpc) is 2.68. The Bertz CT molecular complexity index is 825. The number of rotatable bonds is 2. The third kappa shape index (κ3) is 3.50. The van der Waals surface area contributed by atoms with Crippen molar-refractivity contribution in [2.75, 3.05) is 0 Å². The molecule has 0 amide bonds. The van der Waals surface area contributed by atoms with Crippen molar-refractivity contribution in [2.45, 2.75) is 71.1 Å². The molecule has 0 N–H and O–H groups in total. The monoisotopic (exact) mass is 374 g/mol. The minimum Gasteiger partial charge on any atom is -0.206 e. The van der Waals surface area contributed by atoms with Gasteiger partial charge in [-0.15, -0.1) is 0 Å². The number of halogens is 3. The van der Waals surface area contributed by atoms with Gasteiger partial charge in [-0.25, -0.2) is 13.2 Å². The summed E-state index contributed by atoms with van der Waals surface area (Å²) < 4.78 is 43.7. The molecule has 2 aromatic rings. The van der Waals surface area contributed by atoms with Crippen LogP contribution in [0.2, 0.25) is 0 Å². The minimum atomic E-state index is -1.02. The van der Waals surface area contributed by atoms with E-state index in [4.69, 9.17) is 0 Å². The smallest absolute Gasteiger partial charge is 0.169 e. The molecule has 2 aromatic carbocycles. The largest absolute Gasteiger partial charge is 0.206 e. The Balaban J connectivity index is 1.54. The molecule has 3 heteroatoms. The van der Waals surface area contributed by atoms with Crippen molar-refractivity contribution in [1.29, 1.82) is 0 Å². The fourth-order valence-electron chi connectivity index (χ4n) is 5.46. The molecule has 0 aliphatic heterocycles. The third-order valence-electron chi connectivity index (χ3n) is 7.28. The van der Waals surface area contributed by atoms with Crippen molar-refractivity contribution < 1.29 is 13.2 Å². The van der Waals surface area contributed by atoms with E-state index < -0.39 is 17.5 Å². The number of benzene rings is 2. The second-order valence-electron chi connectivity index (χ2n) is 9.02. The molecule has 27 heavy (non-hydrogen) atoms. The summed E-state index contributed by atoms with van der Waals surface area (Å²) in [4.78, 5) is 0. The standard InChI is InChI=1S/C24H29F3/c1-14-3-6-16(7-4-14)17-9-11-18(12-10-17)20-13-19-8-5-15(2)22(25)21(19)24(27)23(20)26/h5,8,13-14,16-18H,3-4,6-7,9-12H2,1-2H3. The van der Waals surface area contributed by atoms with Gasteiger partial charge in [0.05, 0.1) is 5.39 Å². The van der Waals surface area contributed by atoms with Gasteiger partial charge in [0.2, 0.25) is 0 Å². The second-order valence-corrected chi connectivity index (χ2v) is 9.02. The van der Waals surface area contributed by atoms with Crippen LogP contribution in [0.1, 0.15) is 75.3 Å².